The van der Waals surface area contributed by atoms with E-state index in [0.29, 0.717) is 12.2 Å². The molecule has 0 atom stereocenters. The molecule has 0 spiro atoms. The van der Waals surface area contributed by atoms with Crippen LogP contribution in [0.2, 0.25) is 0 Å². The summed E-state index contributed by atoms with van der Waals surface area (Å²) in [5.41, 5.74) is 2.43. The fraction of sp³-hybridized carbons (Fsp3) is 0.450. The molecule has 27 heavy (non-hydrogen) atoms. The highest BCUT2D eigenvalue weighted by Crippen LogP contribution is 2.34. The van der Waals surface area contributed by atoms with Gasteiger partial charge in [-0.1, -0.05) is 0 Å². The van der Waals surface area contributed by atoms with E-state index in [1.54, 1.807) is 20.4 Å². The number of fused-ring (bicyclic) bond motifs is 1. The second-order valence-electron chi connectivity index (χ2n) is 7.61. The van der Waals surface area contributed by atoms with Gasteiger partial charge in [0.25, 0.3) is 5.91 Å². The van der Waals surface area contributed by atoms with Gasteiger partial charge in [0.2, 0.25) is 0 Å². The zero-order valence-electron chi connectivity index (χ0n) is 16.5. The Balaban J connectivity index is 1.76. The first-order valence-electron chi connectivity index (χ1n) is 8.94. The molecule has 0 saturated heterocycles. The third-order valence-corrected chi connectivity index (χ3v) is 4.40. The van der Waals surface area contributed by atoms with E-state index in [0.717, 1.165) is 30.3 Å². The Hall–Kier alpha value is -2.83. The summed E-state index contributed by atoms with van der Waals surface area (Å²) in [6.07, 6.45) is 4.06. The largest absolute Gasteiger partial charge is 0.493 e. The lowest BCUT2D eigenvalue weighted by molar-refractivity contribution is 0.0914. The number of nitrogens with zero attached hydrogens (tertiary/aromatic N) is 3. The van der Waals surface area contributed by atoms with Crippen molar-refractivity contribution in [3.63, 3.8) is 0 Å². The van der Waals surface area contributed by atoms with Crippen LogP contribution in [0, 0.1) is 0 Å². The smallest absolute Gasteiger partial charge is 0.271 e. The molecule has 7 nitrogen and oxygen atoms in total. The van der Waals surface area contributed by atoms with E-state index < -0.39 is 0 Å². The van der Waals surface area contributed by atoms with Crippen LogP contribution in [-0.2, 0) is 13.0 Å². The monoisotopic (exact) mass is 370 g/mol. The van der Waals surface area contributed by atoms with Gasteiger partial charge in [0.15, 0.2) is 11.5 Å². The topological polar surface area (TPSA) is 76.6 Å². The normalized spacial score (nSPS) is 13.7. The van der Waals surface area contributed by atoms with Crippen LogP contribution in [0.15, 0.2) is 24.5 Å². The van der Waals surface area contributed by atoms with Crippen molar-refractivity contribution in [3.05, 3.63) is 41.3 Å². The van der Waals surface area contributed by atoms with Crippen LogP contribution < -0.4 is 19.7 Å². The van der Waals surface area contributed by atoms with Crippen LogP contribution in [0.1, 0.15) is 42.4 Å². The van der Waals surface area contributed by atoms with E-state index in [-0.39, 0.29) is 11.4 Å². The van der Waals surface area contributed by atoms with Crippen molar-refractivity contribution in [3.8, 4) is 11.5 Å². The predicted octanol–water partition coefficient (Wildman–Crippen LogP) is 2.58. The maximum atomic E-state index is 12.2. The molecule has 2 heterocycles. The fourth-order valence-electron chi connectivity index (χ4n) is 3.09. The molecule has 7 heteroatoms. The highest BCUT2D eigenvalue weighted by Gasteiger charge is 2.22. The van der Waals surface area contributed by atoms with Crippen LogP contribution in [0.3, 0.4) is 0 Å². The summed E-state index contributed by atoms with van der Waals surface area (Å²) >= 11 is 0. The average Bonchev–Trinajstić information content (AvgIpc) is 2.65. The minimum absolute atomic E-state index is 0.220. The van der Waals surface area contributed by atoms with E-state index >= 15 is 0 Å². The number of amides is 1. The minimum atomic E-state index is -0.311. The molecule has 3 rings (SSSR count). The number of nitrogens with one attached hydrogen (secondary N) is 1. The molecule has 0 aliphatic carbocycles. The van der Waals surface area contributed by atoms with E-state index in [1.807, 2.05) is 32.9 Å². The fourth-order valence-corrected chi connectivity index (χ4v) is 3.09. The lowest BCUT2D eigenvalue weighted by Crippen LogP contribution is -2.41. The molecule has 0 unspecified atom stereocenters. The minimum Gasteiger partial charge on any atom is -0.493 e. The van der Waals surface area contributed by atoms with Crippen molar-refractivity contribution < 1.29 is 14.3 Å². The number of hydrogen-bond donors (Lipinski definition) is 1. The van der Waals surface area contributed by atoms with Gasteiger partial charge < -0.3 is 19.7 Å². The van der Waals surface area contributed by atoms with E-state index in [2.05, 4.69) is 20.2 Å². The molecular formula is C20H26N4O3. The first-order chi connectivity index (χ1) is 12.8. The zero-order valence-corrected chi connectivity index (χ0v) is 16.5. The Morgan fingerprint density at radius 2 is 1.74 bits per heavy atom. The van der Waals surface area contributed by atoms with Crippen LogP contribution in [-0.4, -0.2) is 42.2 Å². The van der Waals surface area contributed by atoms with Gasteiger partial charge >= 0.3 is 0 Å². The lowest BCUT2D eigenvalue weighted by Gasteiger charge is -2.30. The molecule has 144 valence electrons. The summed E-state index contributed by atoms with van der Waals surface area (Å²) in [7, 11) is 3.28. The van der Waals surface area contributed by atoms with Crippen molar-refractivity contribution >= 4 is 11.7 Å². The third kappa shape index (κ3) is 4.30. The molecule has 0 fully saturated rings. The average molecular weight is 370 g/mol. The van der Waals surface area contributed by atoms with Gasteiger partial charge in [0.1, 0.15) is 11.5 Å². The van der Waals surface area contributed by atoms with E-state index in [9.17, 15) is 4.79 Å². The predicted molar refractivity (Wildman–Crippen MR) is 104 cm³/mol. The molecule has 0 radical (unpaired) electrons. The molecule has 2 aromatic rings. The Labute approximate surface area is 159 Å². The molecule has 0 bridgehead atoms. The van der Waals surface area contributed by atoms with E-state index in [4.69, 9.17) is 9.47 Å². The molecule has 1 amide bonds. The van der Waals surface area contributed by atoms with Gasteiger partial charge in [-0.05, 0) is 50.5 Å². The van der Waals surface area contributed by atoms with Crippen molar-refractivity contribution in [2.45, 2.75) is 39.3 Å². The number of rotatable bonds is 4. The Bertz CT molecular complexity index is 828. The molecule has 1 aromatic heterocycles. The summed E-state index contributed by atoms with van der Waals surface area (Å²) in [5.74, 6) is 2.00. The maximum absolute atomic E-state index is 12.2. The third-order valence-electron chi connectivity index (χ3n) is 4.40. The van der Waals surface area contributed by atoms with Gasteiger partial charge in [-0.15, -0.1) is 0 Å². The molecule has 1 aliphatic rings. The number of anilines is 1. The quantitative estimate of drug-likeness (QED) is 0.891. The molecule has 1 N–H and O–H groups in total. The Morgan fingerprint density at radius 3 is 2.30 bits per heavy atom. The number of carbonyl (C=O) groups excluding carboxylic acids is 1. The standard InChI is InChI=1S/C20H26N4O3/c1-20(2,3)23-19(25)15-10-22-18(11-21-15)24-7-6-13-8-16(26-4)17(27-5)9-14(13)12-24/h8-11H,6-7,12H2,1-5H3,(H,23,25). The summed E-state index contributed by atoms with van der Waals surface area (Å²) in [6, 6.07) is 4.05. The number of carbonyl (C=O) groups is 1. The summed E-state index contributed by atoms with van der Waals surface area (Å²) in [4.78, 5) is 23.1. The molecule has 0 saturated carbocycles. The van der Waals surface area contributed by atoms with Crippen molar-refractivity contribution in [2.75, 3.05) is 25.7 Å². The van der Waals surface area contributed by atoms with Crippen LogP contribution in [0.5, 0.6) is 11.5 Å². The molecule has 1 aromatic carbocycles. The number of benzene rings is 1. The number of hydrogen-bond acceptors (Lipinski definition) is 6. The van der Waals surface area contributed by atoms with Gasteiger partial charge in [0.05, 0.1) is 26.6 Å². The Kier molecular flexibility index (Phi) is 5.21. The highest BCUT2D eigenvalue weighted by molar-refractivity contribution is 5.92. The number of ether oxygens (including phenoxy) is 2. The van der Waals surface area contributed by atoms with Crippen molar-refractivity contribution in [1.29, 1.82) is 0 Å². The summed E-state index contributed by atoms with van der Waals surface area (Å²) in [5, 5.41) is 2.89. The van der Waals surface area contributed by atoms with Gasteiger partial charge in [-0.3, -0.25) is 4.79 Å². The first-order valence-corrected chi connectivity index (χ1v) is 8.94. The maximum Gasteiger partial charge on any atom is 0.271 e. The van der Waals surface area contributed by atoms with Crippen LogP contribution in [0.25, 0.3) is 0 Å². The summed E-state index contributed by atoms with van der Waals surface area (Å²) in [6.45, 7) is 7.33. The highest BCUT2D eigenvalue weighted by atomic mass is 16.5. The SMILES string of the molecule is COc1cc2c(cc1OC)CN(c1cnc(C(=O)NC(C)(C)C)cn1)CC2. The van der Waals surface area contributed by atoms with Gasteiger partial charge in [-0.2, -0.15) is 0 Å². The van der Waals surface area contributed by atoms with E-state index in [1.165, 1.54) is 17.3 Å². The molecular weight excluding hydrogens is 344 g/mol. The second-order valence-corrected chi connectivity index (χ2v) is 7.61. The first kappa shape index (κ1) is 18.9. The van der Waals surface area contributed by atoms with Crippen LogP contribution in [0.4, 0.5) is 5.82 Å². The zero-order chi connectivity index (χ0) is 19.6. The van der Waals surface area contributed by atoms with Crippen molar-refractivity contribution in [2.24, 2.45) is 0 Å². The van der Waals surface area contributed by atoms with Crippen molar-refractivity contribution in [1.82, 2.24) is 15.3 Å². The Morgan fingerprint density at radius 1 is 1.07 bits per heavy atom. The van der Waals surface area contributed by atoms with Gasteiger partial charge in [-0.25, -0.2) is 9.97 Å². The second kappa shape index (κ2) is 7.42. The molecule has 1 aliphatic heterocycles. The number of methoxy groups -OCH3 is 2. The van der Waals surface area contributed by atoms with Crippen LogP contribution >= 0.6 is 0 Å². The lowest BCUT2D eigenvalue weighted by atomic mass is 9.99. The van der Waals surface area contributed by atoms with Gasteiger partial charge in [0, 0.05) is 18.6 Å². The summed E-state index contributed by atoms with van der Waals surface area (Å²) < 4.78 is 10.8. The number of aromatic nitrogens is 2.